The largest absolute Gasteiger partial charge is 0.395 e. The van der Waals surface area contributed by atoms with Gasteiger partial charge in [-0.05, 0) is 37.5 Å². The SMILES string of the molecule is CCCc1noc(N2CCC(n3cc(F)c4c(Nc5ccc(C(=O)N(C)CCO)cc5F)ncnc43)CC2)n1. The predicted octanol–water partition coefficient (Wildman–Crippen LogP) is 3.69. The van der Waals surface area contributed by atoms with E-state index < -0.39 is 17.5 Å². The first-order valence-electron chi connectivity index (χ1n) is 12.9. The van der Waals surface area contributed by atoms with Gasteiger partial charge in [-0.1, -0.05) is 12.1 Å². The zero-order valence-corrected chi connectivity index (χ0v) is 21.8. The van der Waals surface area contributed by atoms with E-state index in [1.165, 1.54) is 36.6 Å². The summed E-state index contributed by atoms with van der Waals surface area (Å²) in [5, 5.41) is 16.1. The third-order valence-corrected chi connectivity index (χ3v) is 6.87. The predicted molar refractivity (Wildman–Crippen MR) is 140 cm³/mol. The van der Waals surface area contributed by atoms with Gasteiger partial charge in [-0.2, -0.15) is 4.98 Å². The summed E-state index contributed by atoms with van der Waals surface area (Å²) in [7, 11) is 1.52. The fraction of sp³-hybridized carbons (Fsp3) is 0.423. The van der Waals surface area contributed by atoms with Crippen molar-refractivity contribution in [3.63, 3.8) is 0 Å². The van der Waals surface area contributed by atoms with Gasteiger partial charge in [0.15, 0.2) is 11.6 Å². The molecule has 0 atom stereocenters. The van der Waals surface area contributed by atoms with E-state index in [0.29, 0.717) is 30.6 Å². The number of benzene rings is 1. The van der Waals surface area contributed by atoms with E-state index in [4.69, 9.17) is 9.63 Å². The summed E-state index contributed by atoms with van der Waals surface area (Å²) < 4.78 is 37.4. The van der Waals surface area contributed by atoms with Crippen molar-refractivity contribution in [1.29, 1.82) is 0 Å². The van der Waals surface area contributed by atoms with E-state index in [1.54, 1.807) is 4.57 Å². The molecule has 0 saturated carbocycles. The van der Waals surface area contributed by atoms with Crippen LogP contribution in [-0.2, 0) is 6.42 Å². The van der Waals surface area contributed by atoms with E-state index in [1.807, 2.05) is 4.90 Å². The summed E-state index contributed by atoms with van der Waals surface area (Å²) in [5.41, 5.74) is 0.579. The van der Waals surface area contributed by atoms with Crippen LogP contribution in [0, 0.1) is 11.6 Å². The van der Waals surface area contributed by atoms with Gasteiger partial charge < -0.3 is 29.3 Å². The number of hydrogen-bond donors (Lipinski definition) is 2. The van der Waals surface area contributed by atoms with Gasteiger partial charge in [-0.25, -0.2) is 18.7 Å². The van der Waals surface area contributed by atoms with Crippen LogP contribution in [0.15, 0.2) is 35.2 Å². The molecular weight excluding hydrogens is 510 g/mol. The van der Waals surface area contributed by atoms with Gasteiger partial charge in [0.1, 0.15) is 23.6 Å². The van der Waals surface area contributed by atoms with Gasteiger partial charge >= 0.3 is 6.01 Å². The molecule has 1 amide bonds. The molecule has 0 bridgehead atoms. The van der Waals surface area contributed by atoms with Gasteiger partial charge in [0.2, 0.25) is 0 Å². The summed E-state index contributed by atoms with van der Waals surface area (Å²) in [6.07, 6.45) is 5.85. The second-order valence-electron chi connectivity index (χ2n) is 9.54. The molecule has 4 heterocycles. The number of carbonyl (C=O) groups excluding carboxylic acids is 1. The Morgan fingerprint density at radius 3 is 2.74 bits per heavy atom. The molecule has 4 aromatic rings. The van der Waals surface area contributed by atoms with Crippen LogP contribution < -0.4 is 10.2 Å². The van der Waals surface area contributed by atoms with E-state index in [-0.39, 0.29) is 41.6 Å². The second-order valence-corrected chi connectivity index (χ2v) is 9.54. The van der Waals surface area contributed by atoms with Crippen molar-refractivity contribution in [2.45, 2.75) is 38.6 Å². The zero-order valence-electron chi connectivity index (χ0n) is 21.8. The number of halogens is 2. The van der Waals surface area contributed by atoms with Gasteiger partial charge in [0.25, 0.3) is 5.91 Å². The smallest absolute Gasteiger partial charge is 0.324 e. The molecule has 206 valence electrons. The minimum absolute atomic E-state index is 0.00743. The standard InChI is InChI=1S/C26H30F2N8O3/c1-3-4-21-32-26(39-33-21)35-9-7-17(8-10-35)36-14-19(28)22-23(29-15-30-24(22)36)31-20-6-5-16(13-18(20)27)25(38)34(2)11-12-37/h5-6,13-15,17,37H,3-4,7-12H2,1-2H3,(H,29,30,31). The number of likely N-dealkylation sites (N-methyl/N-ethyl adjacent to an activating group) is 1. The Labute approximate surface area is 223 Å². The van der Waals surface area contributed by atoms with Crippen LogP contribution in [0.25, 0.3) is 11.0 Å². The summed E-state index contributed by atoms with van der Waals surface area (Å²) in [4.78, 5) is 28.7. The number of nitrogens with zero attached hydrogens (tertiary/aromatic N) is 7. The van der Waals surface area contributed by atoms with Crippen LogP contribution in [0.2, 0.25) is 0 Å². The molecule has 5 rings (SSSR count). The quantitative estimate of drug-likeness (QED) is 0.327. The van der Waals surface area contributed by atoms with Gasteiger partial charge in [-0.15, -0.1) is 0 Å². The first kappa shape index (κ1) is 26.5. The fourth-order valence-corrected chi connectivity index (χ4v) is 4.80. The third kappa shape index (κ3) is 5.39. The zero-order chi connectivity index (χ0) is 27.5. The normalized spacial score (nSPS) is 14.2. The Morgan fingerprint density at radius 1 is 1.23 bits per heavy atom. The number of nitrogens with one attached hydrogen (secondary N) is 1. The summed E-state index contributed by atoms with van der Waals surface area (Å²) in [6.45, 7) is 3.32. The fourth-order valence-electron chi connectivity index (χ4n) is 4.80. The molecule has 0 spiro atoms. The molecule has 1 fully saturated rings. The average molecular weight is 541 g/mol. The van der Waals surface area contributed by atoms with Crippen molar-refractivity contribution >= 4 is 34.5 Å². The van der Waals surface area contributed by atoms with E-state index in [9.17, 15) is 9.18 Å². The number of fused-ring (bicyclic) bond motifs is 1. The topological polar surface area (TPSA) is 125 Å². The maximum absolute atomic E-state index is 15.2. The second kappa shape index (κ2) is 11.3. The Hall–Kier alpha value is -4.13. The van der Waals surface area contributed by atoms with Crippen molar-refractivity contribution in [3.8, 4) is 0 Å². The minimum Gasteiger partial charge on any atom is -0.395 e. The molecule has 0 aliphatic carbocycles. The van der Waals surface area contributed by atoms with Crippen molar-refractivity contribution in [3.05, 3.63) is 53.7 Å². The molecule has 13 heteroatoms. The van der Waals surface area contributed by atoms with E-state index in [0.717, 1.165) is 31.7 Å². The van der Waals surface area contributed by atoms with Crippen LogP contribution in [0.4, 0.5) is 26.3 Å². The summed E-state index contributed by atoms with van der Waals surface area (Å²) in [5.74, 6) is -0.821. The van der Waals surface area contributed by atoms with Gasteiger partial charge in [-0.3, -0.25) is 4.79 Å². The number of aliphatic hydroxyl groups is 1. The lowest BCUT2D eigenvalue weighted by Gasteiger charge is -2.31. The number of piperidine rings is 1. The minimum atomic E-state index is -0.694. The van der Waals surface area contributed by atoms with Crippen LogP contribution in [0.5, 0.6) is 0 Å². The maximum Gasteiger partial charge on any atom is 0.324 e. The molecule has 3 aromatic heterocycles. The highest BCUT2D eigenvalue weighted by molar-refractivity contribution is 5.95. The lowest BCUT2D eigenvalue weighted by molar-refractivity contribution is 0.0766. The van der Waals surface area contributed by atoms with Crippen molar-refractivity contribution in [2.75, 3.05) is 43.5 Å². The number of amides is 1. The number of anilines is 3. The first-order valence-corrected chi connectivity index (χ1v) is 12.9. The molecule has 11 nitrogen and oxygen atoms in total. The Bertz CT molecular complexity index is 1460. The number of aliphatic hydroxyl groups excluding tert-OH is 1. The van der Waals surface area contributed by atoms with Crippen LogP contribution in [0.1, 0.15) is 48.4 Å². The molecule has 1 aromatic carbocycles. The number of aryl methyl sites for hydroxylation is 1. The van der Waals surface area contributed by atoms with Gasteiger partial charge in [0.05, 0.1) is 17.7 Å². The molecule has 0 radical (unpaired) electrons. The number of carbonyl (C=O) groups is 1. The molecular formula is C26H30F2N8O3. The monoisotopic (exact) mass is 540 g/mol. The highest BCUT2D eigenvalue weighted by atomic mass is 19.1. The number of rotatable bonds is 9. The Morgan fingerprint density at radius 2 is 2.03 bits per heavy atom. The lowest BCUT2D eigenvalue weighted by atomic mass is 10.1. The van der Waals surface area contributed by atoms with Crippen molar-refractivity contribution < 1.29 is 23.2 Å². The first-order chi connectivity index (χ1) is 18.9. The molecule has 0 unspecified atom stereocenters. The van der Waals surface area contributed by atoms with Crippen molar-refractivity contribution in [1.82, 2.24) is 29.6 Å². The molecule has 1 saturated heterocycles. The number of hydrogen-bond acceptors (Lipinski definition) is 9. The third-order valence-electron chi connectivity index (χ3n) is 6.87. The van der Waals surface area contributed by atoms with Crippen LogP contribution >= 0.6 is 0 Å². The molecule has 39 heavy (non-hydrogen) atoms. The molecule has 2 N–H and O–H groups in total. The highest BCUT2D eigenvalue weighted by Gasteiger charge is 2.27. The van der Waals surface area contributed by atoms with Crippen LogP contribution in [0.3, 0.4) is 0 Å². The summed E-state index contributed by atoms with van der Waals surface area (Å²) >= 11 is 0. The van der Waals surface area contributed by atoms with Crippen LogP contribution in [-0.4, -0.2) is 73.9 Å². The van der Waals surface area contributed by atoms with E-state index >= 15 is 4.39 Å². The molecule has 1 aliphatic rings. The van der Waals surface area contributed by atoms with E-state index in [2.05, 4.69) is 32.3 Å². The Balaban J connectivity index is 1.33. The molecule has 1 aliphatic heterocycles. The van der Waals surface area contributed by atoms with Crippen molar-refractivity contribution in [2.24, 2.45) is 0 Å². The Kier molecular flexibility index (Phi) is 7.68. The highest BCUT2D eigenvalue weighted by Crippen LogP contribution is 2.33. The lowest BCUT2D eigenvalue weighted by Crippen LogP contribution is -2.34. The number of aromatic nitrogens is 5. The van der Waals surface area contributed by atoms with Gasteiger partial charge in [0, 0.05) is 50.9 Å². The average Bonchev–Trinajstić information content (AvgIpc) is 3.55. The summed E-state index contributed by atoms with van der Waals surface area (Å²) in [6, 6.07) is 4.46. The maximum atomic E-state index is 15.2.